The van der Waals surface area contributed by atoms with E-state index in [9.17, 15) is 9.18 Å². The summed E-state index contributed by atoms with van der Waals surface area (Å²) in [7, 11) is 0. The molecule has 0 radical (unpaired) electrons. The average Bonchev–Trinajstić information content (AvgIpc) is 2.84. The smallest absolute Gasteiger partial charge is 0.248 e. The number of rotatable bonds is 7. The summed E-state index contributed by atoms with van der Waals surface area (Å²) in [6.45, 7) is 4.82. The van der Waals surface area contributed by atoms with Crippen LogP contribution < -0.4 is 10.2 Å². The topological polar surface area (TPSA) is 48.5 Å². The number of hydrogen-bond donors (Lipinski definition) is 1. The first-order valence-electron chi connectivity index (χ1n) is 10.9. The predicted octanol–water partition coefficient (Wildman–Crippen LogP) is 4.24. The van der Waals surface area contributed by atoms with Crippen molar-refractivity contribution < 1.29 is 9.18 Å². The van der Waals surface area contributed by atoms with Gasteiger partial charge in [-0.1, -0.05) is 24.3 Å². The van der Waals surface area contributed by atoms with Crippen LogP contribution in [0.3, 0.4) is 0 Å². The minimum absolute atomic E-state index is 0.210. The van der Waals surface area contributed by atoms with E-state index in [1.165, 1.54) is 23.8 Å². The van der Waals surface area contributed by atoms with E-state index in [4.69, 9.17) is 0 Å². The third-order valence-electron chi connectivity index (χ3n) is 5.64. The van der Waals surface area contributed by atoms with Crippen LogP contribution >= 0.6 is 0 Å². The quantitative estimate of drug-likeness (QED) is 0.570. The van der Waals surface area contributed by atoms with Gasteiger partial charge in [-0.25, -0.2) is 4.39 Å². The minimum Gasteiger partial charge on any atom is -0.367 e. The summed E-state index contributed by atoms with van der Waals surface area (Å²) in [6.07, 6.45) is 7.86. The minimum atomic E-state index is -0.294. The number of nitrogens with zero attached hydrogens (tertiary/aromatic N) is 3. The van der Waals surface area contributed by atoms with E-state index in [-0.39, 0.29) is 11.7 Å². The summed E-state index contributed by atoms with van der Waals surface area (Å²) in [5.41, 5.74) is 3.92. The van der Waals surface area contributed by atoms with Gasteiger partial charge in [0.15, 0.2) is 0 Å². The predicted molar refractivity (Wildman–Crippen MR) is 127 cm³/mol. The summed E-state index contributed by atoms with van der Waals surface area (Å²) < 4.78 is 13.0. The summed E-state index contributed by atoms with van der Waals surface area (Å²) in [5.74, 6) is -0.504. The Morgan fingerprint density at radius 2 is 1.69 bits per heavy atom. The van der Waals surface area contributed by atoms with Crippen LogP contribution in [0.5, 0.6) is 0 Å². The zero-order valence-corrected chi connectivity index (χ0v) is 18.0. The van der Waals surface area contributed by atoms with Crippen molar-refractivity contribution in [1.82, 2.24) is 9.88 Å². The molecule has 1 aliphatic heterocycles. The first-order chi connectivity index (χ1) is 15.7. The molecule has 1 N–H and O–H groups in total. The number of carbonyl (C=O) groups excluding carboxylic acids is 1. The number of benzene rings is 2. The molecule has 2 heterocycles. The van der Waals surface area contributed by atoms with Crippen LogP contribution in [0.1, 0.15) is 11.1 Å². The molecular formula is C26H27FN4O. The van der Waals surface area contributed by atoms with Crippen molar-refractivity contribution in [1.29, 1.82) is 0 Å². The maximum Gasteiger partial charge on any atom is 0.248 e. The van der Waals surface area contributed by atoms with Crippen LogP contribution in [0, 0.1) is 5.82 Å². The summed E-state index contributed by atoms with van der Waals surface area (Å²) >= 11 is 0. The van der Waals surface area contributed by atoms with Crippen LogP contribution in [0.4, 0.5) is 15.8 Å². The third-order valence-corrected chi connectivity index (χ3v) is 5.64. The Morgan fingerprint density at radius 1 is 0.969 bits per heavy atom. The summed E-state index contributed by atoms with van der Waals surface area (Å²) in [4.78, 5) is 21.3. The van der Waals surface area contributed by atoms with Gasteiger partial charge < -0.3 is 10.2 Å². The largest absolute Gasteiger partial charge is 0.367 e. The summed E-state index contributed by atoms with van der Waals surface area (Å²) in [5, 5.41) is 2.99. The molecule has 0 unspecified atom stereocenters. The van der Waals surface area contributed by atoms with Gasteiger partial charge in [-0.3, -0.25) is 14.7 Å². The van der Waals surface area contributed by atoms with Gasteiger partial charge in [-0.05, 0) is 60.0 Å². The molecule has 1 aliphatic rings. The molecule has 0 saturated carbocycles. The lowest BCUT2D eigenvalue weighted by Crippen LogP contribution is -2.47. The van der Waals surface area contributed by atoms with Crippen LogP contribution in [-0.4, -0.2) is 48.5 Å². The monoisotopic (exact) mass is 430 g/mol. The van der Waals surface area contributed by atoms with Crippen LogP contribution in [0.25, 0.3) is 6.08 Å². The standard InChI is InChI=1S/C26H27FN4O/c27-23-8-5-21(6-9-23)7-10-26(32)29-24-3-1-2-4-25(24)31-19-17-30(18-20-31)16-13-22-11-14-28-15-12-22/h1-12,14-15H,13,16-20H2,(H,29,32). The molecule has 1 saturated heterocycles. The normalized spacial score (nSPS) is 14.6. The van der Waals surface area contributed by atoms with E-state index in [2.05, 4.69) is 32.2 Å². The highest BCUT2D eigenvalue weighted by atomic mass is 19.1. The van der Waals surface area contributed by atoms with E-state index >= 15 is 0 Å². The van der Waals surface area contributed by atoms with Gasteiger partial charge in [0.05, 0.1) is 11.4 Å². The van der Waals surface area contributed by atoms with Gasteiger partial charge in [0, 0.05) is 51.2 Å². The van der Waals surface area contributed by atoms with Crippen molar-refractivity contribution in [3.8, 4) is 0 Å². The molecular weight excluding hydrogens is 403 g/mol. The SMILES string of the molecule is O=C(C=Cc1ccc(F)cc1)Nc1ccccc1N1CCN(CCc2ccncc2)CC1. The number of para-hydroxylation sites is 2. The van der Waals surface area contributed by atoms with Gasteiger partial charge in [0.1, 0.15) is 5.82 Å². The zero-order chi connectivity index (χ0) is 22.2. The van der Waals surface area contributed by atoms with Gasteiger partial charge in [0.25, 0.3) is 0 Å². The Kier molecular flexibility index (Phi) is 7.25. The molecule has 0 aliphatic carbocycles. The molecule has 32 heavy (non-hydrogen) atoms. The molecule has 164 valence electrons. The lowest BCUT2D eigenvalue weighted by Gasteiger charge is -2.37. The molecule has 2 aromatic carbocycles. The molecule has 1 amide bonds. The highest BCUT2D eigenvalue weighted by molar-refractivity contribution is 6.03. The Hall–Kier alpha value is -3.51. The second-order valence-corrected chi connectivity index (χ2v) is 7.83. The Bertz CT molecular complexity index is 1040. The maximum absolute atomic E-state index is 13.0. The van der Waals surface area contributed by atoms with Crippen molar-refractivity contribution >= 4 is 23.4 Å². The van der Waals surface area contributed by atoms with E-state index in [1.54, 1.807) is 18.2 Å². The Balaban J connectivity index is 1.32. The summed E-state index contributed by atoms with van der Waals surface area (Å²) in [6, 6.07) is 18.1. The van der Waals surface area contributed by atoms with E-state index in [0.29, 0.717) is 0 Å². The maximum atomic E-state index is 13.0. The molecule has 1 aromatic heterocycles. The van der Waals surface area contributed by atoms with Crippen LogP contribution in [0.2, 0.25) is 0 Å². The van der Waals surface area contributed by atoms with Gasteiger partial charge in [-0.2, -0.15) is 0 Å². The average molecular weight is 431 g/mol. The molecule has 0 spiro atoms. The number of anilines is 2. The number of piperazine rings is 1. The van der Waals surface area contributed by atoms with Crippen molar-refractivity contribution in [2.45, 2.75) is 6.42 Å². The fourth-order valence-electron chi connectivity index (χ4n) is 3.82. The van der Waals surface area contributed by atoms with E-state index < -0.39 is 0 Å². The molecule has 0 atom stereocenters. The molecule has 5 nitrogen and oxygen atoms in total. The lowest BCUT2D eigenvalue weighted by molar-refractivity contribution is -0.111. The second-order valence-electron chi connectivity index (χ2n) is 7.83. The van der Waals surface area contributed by atoms with Crippen LogP contribution in [-0.2, 0) is 11.2 Å². The number of carbonyl (C=O) groups is 1. The fraction of sp³-hybridized carbons (Fsp3) is 0.231. The van der Waals surface area contributed by atoms with Crippen molar-refractivity contribution in [2.75, 3.05) is 42.9 Å². The first kappa shape index (κ1) is 21.7. The molecule has 3 aromatic rings. The van der Waals surface area contributed by atoms with Crippen molar-refractivity contribution in [3.05, 3.63) is 96.1 Å². The Morgan fingerprint density at radius 3 is 2.44 bits per heavy atom. The van der Waals surface area contributed by atoms with Gasteiger partial charge in [-0.15, -0.1) is 0 Å². The molecule has 1 fully saturated rings. The van der Waals surface area contributed by atoms with E-state index in [1.807, 2.05) is 36.7 Å². The van der Waals surface area contributed by atoms with Crippen molar-refractivity contribution in [3.63, 3.8) is 0 Å². The third kappa shape index (κ3) is 6.02. The fourth-order valence-corrected chi connectivity index (χ4v) is 3.82. The van der Waals surface area contributed by atoms with Gasteiger partial charge in [0.2, 0.25) is 5.91 Å². The number of hydrogen-bond acceptors (Lipinski definition) is 4. The first-order valence-corrected chi connectivity index (χ1v) is 10.9. The molecule has 4 rings (SSSR count). The van der Waals surface area contributed by atoms with Gasteiger partial charge >= 0.3 is 0 Å². The van der Waals surface area contributed by atoms with Crippen LogP contribution in [0.15, 0.2) is 79.1 Å². The number of amides is 1. The number of pyridine rings is 1. The number of nitrogens with one attached hydrogen (secondary N) is 1. The second kappa shape index (κ2) is 10.7. The lowest BCUT2D eigenvalue weighted by atomic mass is 10.1. The Labute approximate surface area is 188 Å². The highest BCUT2D eigenvalue weighted by Crippen LogP contribution is 2.26. The highest BCUT2D eigenvalue weighted by Gasteiger charge is 2.19. The van der Waals surface area contributed by atoms with E-state index in [0.717, 1.165) is 56.1 Å². The number of halogens is 1. The van der Waals surface area contributed by atoms with Crippen molar-refractivity contribution in [2.24, 2.45) is 0 Å². The number of aromatic nitrogens is 1. The zero-order valence-electron chi connectivity index (χ0n) is 18.0. The molecule has 0 bridgehead atoms. The molecule has 6 heteroatoms.